The average Bonchev–Trinajstić information content (AvgIpc) is 2.78. The number of amides is 1. The standard InChI is InChI=1S/C21H37NO3Se/c1-15(2)9-8-12-26(22-18(24)25-19(3,4)5)14-21-11-10-16(13-17(21)23)20(21,6)7/h8-9,15-17,23H,10-14H2,1-7H3/b9-8+/t16-,17-,21-,26?/m1/s1. The topological polar surface area (TPSA) is 58.9 Å². The summed E-state index contributed by atoms with van der Waals surface area (Å²) in [6, 6.07) is 0. The Labute approximate surface area is 163 Å². The summed E-state index contributed by atoms with van der Waals surface area (Å²) in [7, 11) is 0. The van der Waals surface area contributed by atoms with Crippen molar-refractivity contribution in [3.8, 4) is 0 Å². The SMILES string of the molecule is CC(C)/C=C/C/[Se](C[C@]12CC[C@H](C[C@H]1O)C2(C)C)=N\C(=O)OC(C)(C)C. The van der Waals surface area contributed by atoms with Crippen molar-refractivity contribution in [1.82, 2.24) is 0 Å². The predicted molar refractivity (Wildman–Crippen MR) is 108 cm³/mol. The fourth-order valence-corrected chi connectivity index (χ4v) is 9.12. The van der Waals surface area contributed by atoms with Gasteiger partial charge in [-0.1, -0.05) is 0 Å². The van der Waals surface area contributed by atoms with Gasteiger partial charge < -0.3 is 0 Å². The van der Waals surface area contributed by atoms with E-state index >= 15 is 0 Å². The molecule has 5 heteroatoms. The molecule has 2 aliphatic carbocycles. The normalized spacial score (nSPS) is 31.9. The number of aliphatic hydroxyl groups excluding tert-OH is 1. The second-order valence-electron chi connectivity index (χ2n) is 9.88. The van der Waals surface area contributed by atoms with Gasteiger partial charge in [0.2, 0.25) is 0 Å². The van der Waals surface area contributed by atoms with Crippen LogP contribution in [0.1, 0.15) is 67.7 Å². The van der Waals surface area contributed by atoms with Crippen molar-refractivity contribution in [1.29, 1.82) is 0 Å². The van der Waals surface area contributed by atoms with E-state index in [9.17, 15) is 9.90 Å². The van der Waals surface area contributed by atoms with Crippen LogP contribution in [0.2, 0.25) is 10.6 Å². The van der Waals surface area contributed by atoms with E-state index in [4.69, 9.17) is 4.74 Å². The molecule has 0 aliphatic heterocycles. The quantitative estimate of drug-likeness (QED) is 0.458. The van der Waals surface area contributed by atoms with Crippen LogP contribution < -0.4 is 0 Å². The Balaban J connectivity index is 2.25. The summed E-state index contributed by atoms with van der Waals surface area (Å²) < 4.78 is 9.99. The van der Waals surface area contributed by atoms with E-state index in [-0.39, 0.29) is 16.9 Å². The van der Waals surface area contributed by atoms with Crippen molar-refractivity contribution < 1.29 is 14.6 Å². The molecule has 26 heavy (non-hydrogen) atoms. The zero-order valence-electron chi connectivity index (χ0n) is 17.5. The number of allylic oxidation sites excluding steroid dienone is 2. The Bertz CT molecular complexity index is 589. The Hall–Kier alpha value is -0.511. The number of rotatable bonds is 5. The first-order valence-electron chi connectivity index (χ1n) is 9.84. The maximum absolute atomic E-state index is 12.3. The van der Waals surface area contributed by atoms with Crippen molar-refractivity contribution >= 4 is 19.8 Å². The van der Waals surface area contributed by atoms with Crippen molar-refractivity contribution in [2.45, 2.75) is 90.1 Å². The summed E-state index contributed by atoms with van der Waals surface area (Å²) in [5.41, 5.74) is -0.479. The van der Waals surface area contributed by atoms with Gasteiger partial charge in [0.05, 0.1) is 0 Å². The van der Waals surface area contributed by atoms with Crippen molar-refractivity contribution in [3.05, 3.63) is 12.2 Å². The van der Waals surface area contributed by atoms with E-state index in [0.29, 0.717) is 11.8 Å². The first kappa shape index (κ1) is 21.8. The van der Waals surface area contributed by atoms with Gasteiger partial charge in [-0.25, -0.2) is 0 Å². The number of nitrogens with zero attached hydrogens (tertiary/aromatic N) is 1. The van der Waals surface area contributed by atoms with E-state index in [1.165, 1.54) is 6.42 Å². The molecule has 0 saturated heterocycles. The first-order valence-corrected chi connectivity index (χ1v) is 13.0. The molecule has 2 rings (SSSR count). The zero-order chi connectivity index (χ0) is 19.8. The van der Waals surface area contributed by atoms with Gasteiger partial charge in [0, 0.05) is 0 Å². The van der Waals surface area contributed by atoms with E-state index < -0.39 is 25.4 Å². The second kappa shape index (κ2) is 7.85. The molecule has 2 aliphatic rings. The third-order valence-electron chi connectivity index (χ3n) is 6.22. The Morgan fingerprint density at radius 3 is 2.50 bits per heavy atom. The number of ether oxygens (including phenoxy) is 1. The van der Waals surface area contributed by atoms with Gasteiger partial charge >= 0.3 is 163 Å². The van der Waals surface area contributed by atoms with Crippen LogP contribution in [0.25, 0.3) is 0 Å². The summed E-state index contributed by atoms with van der Waals surface area (Å²) in [5, 5.41) is 12.5. The fourth-order valence-electron chi connectivity index (χ4n) is 4.63. The molecule has 1 N–H and O–H groups in total. The van der Waals surface area contributed by atoms with Gasteiger partial charge in [-0.2, -0.15) is 0 Å². The molecule has 1 unspecified atom stereocenters. The summed E-state index contributed by atoms with van der Waals surface area (Å²) in [4.78, 5) is 12.3. The van der Waals surface area contributed by atoms with Gasteiger partial charge in [0.15, 0.2) is 0 Å². The molecular weight excluding hydrogens is 393 g/mol. The molecule has 0 radical (unpaired) electrons. The van der Waals surface area contributed by atoms with E-state index in [2.05, 4.69) is 43.8 Å². The van der Waals surface area contributed by atoms with E-state index in [1.807, 2.05) is 20.8 Å². The molecule has 0 spiro atoms. The third-order valence-corrected chi connectivity index (χ3v) is 10.1. The van der Waals surface area contributed by atoms with Crippen LogP contribution in [0.15, 0.2) is 16.1 Å². The summed E-state index contributed by atoms with van der Waals surface area (Å²) >= 11 is -1.61. The average molecular weight is 430 g/mol. The van der Waals surface area contributed by atoms with Gasteiger partial charge in [0.1, 0.15) is 0 Å². The van der Waals surface area contributed by atoms with Crippen molar-refractivity contribution in [2.75, 3.05) is 0 Å². The number of carbonyl (C=O) groups excluding carboxylic acids is 1. The molecule has 2 fully saturated rings. The molecule has 0 aromatic heterocycles. The number of aliphatic hydroxyl groups is 1. The maximum atomic E-state index is 12.3. The molecule has 0 aromatic rings. The molecule has 1 amide bonds. The molecule has 4 atom stereocenters. The Morgan fingerprint density at radius 2 is 2.04 bits per heavy atom. The molecular formula is C21H37NO3Se. The molecule has 2 saturated carbocycles. The number of carbonyl (C=O) groups is 1. The Kier molecular flexibility index (Phi) is 6.58. The Morgan fingerprint density at radius 1 is 1.38 bits per heavy atom. The van der Waals surface area contributed by atoms with Crippen LogP contribution in [-0.2, 0) is 4.74 Å². The first-order chi connectivity index (χ1) is 11.9. The van der Waals surface area contributed by atoms with Crippen LogP contribution in [-0.4, -0.2) is 36.6 Å². The number of hydrogen-bond donors (Lipinski definition) is 1. The summed E-state index contributed by atoms with van der Waals surface area (Å²) in [6.45, 7) is 14.5. The van der Waals surface area contributed by atoms with E-state index in [1.54, 1.807) is 0 Å². The predicted octanol–water partition coefficient (Wildman–Crippen LogP) is 5.58. The monoisotopic (exact) mass is 431 g/mol. The molecule has 150 valence electrons. The summed E-state index contributed by atoms with van der Waals surface area (Å²) in [5.74, 6) is 1.09. The van der Waals surface area contributed by atoms with Gasteiger partial charge in [0.25, 0.3) is 0 Å². The fraction of sp³-hybridized carbons (Fsp3) is 0.857. The molecule has 4 nitrogen and oxygen atoms in total. The molecule has 0 aromatic carbocycles. The van der Waals surface area contributed by atoms with Gasteiger partial charge in [-0.3, -0.25) is 0 Å². The zero-order valence-corrected chi connectivity index (χ0v) is 19.3. The van der Waals surface area contributed by atoms with E-state index in [0.717, 1.165) is 23.5 Å². The van der Waals surface area contributed by atoms with Crippen LogP contribution in [0.4, 0.5) is 4.79 Å². The van der Waals surface area contributed by atoms with Crippen molar-refractivity contribution in [2.24, 2.45) is 26.6 Å². The third kappa shape index (κ3) is 4.66. The van der Waals surface area contributed by atoms with Crippen molar-refractivity contribution in [3.63, 3.8) is 0 Å². The van der Waals surface area contributed by atoms with Crippen LogP contribution in [0, 0.1) is 22.7 Å². The number of fused-ring (bicyclic) bond motifs is 2. The minimum atomic E-state index is -1.61. The molecule has 0 heterocycles. The summed E-state index contributed by atoms with van der Waals surface area (Å²) in [6.07, 6.45) is 6.83. The minimum absolute atomic E-state index is 0.0838. The molecule has 2 bridgehead atoms. The van der Waals surface area contributed by atoms with Crippen LogP contribution in [0.3, 0.4) is 0 Å². The second-order valence-corrected chi connectivity index (χ2v) is 13.5. The van der Waals surface area contributed by atoms with Crippen LogP contribution in [0.5, 0.6) is 0 Å². The van der Waals surface area contributed by atoms with Gasteiger partial charge in [-0.15, -0.1) is 0 Å². The van der Waals surface area contributed by atoms with Gasteiger partial charge in [-0.05, 0) is 0 Å². The van der Waals surface area contributed by atoms with Crippen LogP contribution >= 0.6 is 0 Å². The number of hydrogen-bond acceptors (Lipinski definition) is 3.